The van der Waals surface area contributed by atoms with E-state index in [4.69, 9.17) is 22.4 Å². The topological polar surface area (TPSA) is 63.3 Å². The van der Waals surface area contributed by atoms with Crippen LogP contribution in [0.2, 0.25) is 5.02 Å². The van der Waals surface area contributed by atoms with Gasteiger partial charge in [-0.15, -0.1) is 0 Å². The normalized spacial score (nSPS) is 9.75. The van der Waals surface area contributed by atoms with Crippen molar-refractivity contribution in [3.05, 3.63) is 28.8 Å². The molecule has 4 heteroatoms. The van der Waals surface area contributed by atoms with Gasteiger partial charge in [-0.05, 0) is 12.1 Å². The molecular formula is C8H8ClNO2. The fourth-order valence-corrected chi connectivity index (χ4v) is 1.16. The first-order valence-corrected chi connectivity index (χ1v) is 3.73. The van der Waals surface area contributed by atoms with Crippen LogP contribution >= 0.6 is 11.6 Å². The zero-order valence-electron chi connectivity index (χ0n) is 6.25. The van der Waals surface area contributed by atoms with E-state index in [1.807, 2.05) is 0 Å². The zero-order valence-corrected chi connectivity index (χ0v) is 7.01. The Hall–Kier alpha value is -1.22. The Balaban J connectivity index is 3.04. The monoisotopic (exact) mass is 185 g/mol. The molecule has 0 heterocycles. The number of halogens is 1. The van der Waals surface area contributed by atoms with E-state index in [9.17, 15) is 4.79 Å². The summed E-state index contributed by atoms with van der Waals surface area (Å²) >= 11 is 5.73. The molecule has 3 N–H and O–H groups in total. The third-order valence-electron chi connectivity index (χ3n) is 1.48. The van der Waals surface area contributed by atoms with Crippen LogP contribution in [0.15, 0.2) is 18.2 Å². The second-order valence-electron chi connectivity index (χ2n) is 2.38. The second-order valence-corrected chi connectivity index (χ2v) is 2.79. The SMILES string of the molecule is Nc1cccc(Cl)c1CC(=O)O. The standard InChI is InChI=1S/C8H8ClNO2/c9-6-2-1-3-7(10)5(6)4-8(11)12/h1-3H,4,10H2,(H,11,12). The van der Waals surface area contributed by atoms with Crippen molar-refractivity contribution in [2.24, 2.45) is 0 Å². The minimum absolute atomic E-state index is 0.133. The molecule has 0 aliphatic rings. The number of anilines is 1. The first-order chi connectivity index (χ1) is 5.61. The van der Waals surface area contributed by atoms with E-state index in [0.29, 0.717) is 16.3 Å². The summed E-state index contributed by atoms with van der Waals surface area (Å²) in [5.74, 6) is -0.935. The van der Waals surface area contributed by atoms with Crippen LogP contribution < -0.4 is 5.73 Å². The van der Waals surface area contributed by atoms with Crippen LogP contribution in [0.3, 0.4) is 0 Å². The zero-order chi connectivity index (χ0) is 9.14. The van der Waals surface area contributed by atoms with Crippen molar-refractivity contribution in [2.45, 2.75) is 6.42 Å². The second kappa shape index (κ2) is 3.45. The predicted molar refractivity (Wildman–Crippen MR) is 47.2 cm³/mol. The van der Waals surface area contributed by atoms with Gasteiger partial charge >= 0.3 is 5.97 Å². The van der Waals surface area contributed by atoms with Crippen molar-refractivity contribution >= 4 is 23.3 Å². The van der Waals surface area contributed by atoms with Crippen LogP contribution in [-0.4, -0.2) is 11.1 Å². The number of rotatable bonds is 2. The van der Waals surface area contributed by atoms with Gasteiger partial charge in [0.2, 0.25) is 0 Å². The molecule has 0 aliphatic carbocycles. The molecule has 0 fully saturated rings. The van der Waals surface area contributed by atoms with E-state index in [-0.39, 0.29) is 6.42 Å². The van der Waals surface area contributed by atoms with E-state index < -0.39 is 5.97 Å². The van der Waals surface area contributed by atoms with E-state index in [2.05, 4.69) is 0 Å². The van der Waals surface area contributed by atoms with Crippen LogP contribution in [0.4, 0.5) is 5.69 Å². The molecule has 0 aromatic heterocycles. The Kier molecular flexibility index (Phi) is 2.55. The summed E-state index contributed by atoms with van der Waals surface area (Å²) in [6.45, 7) is 0. The largest absolute Gasteiger partial charge is 0.481 e. The number of carbonyl (C=O) groups is 1. The highest BCUT2D eigenvalue weighted by Crippen LogP contribution is 2.22. The number of nitrogen functional groups attached to an aromatic ring is 1. The average molecular weight is 186 g/mol. The highest BCUT2D eigenvalue weighted by Gasteiger charge is 2.07. The molecule has 0 saturated heterocycles. The Morgan fingerprint density at radius 2 is 2.25 bits per heavy atom. The average Bonchev–Trinajstić information content (AvgIpc) is 1.97. The first kappa shape index (κ1) is 8.87. The maximum absolute atomic E-state index is 10.4. The minimum atomic E-state index is -0.935. The highest BCUT2D eigenvalue weighted by molar-refractivity contribution is 6.31. The van der Waals surface area contributed by atoms with Crippen LogP contribution in [0.1, 0.15) is 5.56 Å². The summed E-state index contributed by atoms with van der Waals surface area (Å²) in [4.78, 5) is 10.4. The van der Waals surface area contributed by atoms with Gasteiger partial charge in [-0.1, -0.05) is 17.7 Å². The molecule has 0 radical (unpaired) electrons. The maximum atomic E-state index is 10.4. The molecule has 3 nitrogen and oxygen atoms in total. The Morgan fingerprint density at radius 1 is 1.58 bits per heavy atom. The van der Waals surface area contributed by atoms with Gasteiger partial charge in [0.25, 0.3) is 0 Å². The van der Waals surface area contributed by atoms with Crippen molar-refractivity contribution in [1.29, 1.82) is 0 Å². The number of carboxylic acid groups (broad SMARTS) is 1. The molecule has 64 valence electrons. The summed E-state index contributed by atoms with van der Waals surface area (Å²) in [6, 6.07) is 4.93. The lowest BCUT2D eigenvalue weighted by Crippen LogP contribution is -2.03. The maximum Gasteiger partial charge on any atom is 0.307 e. The third-order valence-corrected chi connectivity index (χ3v) is 1.84. The van der Waals surface area contributed by atoms with Gasteiger partial charge in [0.1, 0.15) is 0 Å². The molecule has 0 aliphatic heterocycles. The van der Waals surface area contributed by atoms with Gasteiger partial charge in [0.15, 0.2) is 0 Å². The molecule has 1 aromatic carbocycles. The Morgan fingerprint density at radius 3 is 2.75 bits per heavy atom. The van der Waals surface area contributed by atoms with Gasteiger partial charge in [-0.2, -0.15) is 0 Å². The highest BCUT2D eigenvalue weighted by atomic mass is 35.5. The number of hydrogen-bond donors (Lipinski definition) is 2. The van der Waals surface area contributed by atoms with Crippen LogP contribution in [0.25, 0.3) is 0 Å². The minimum Gasteiger partial charge on any atom is -0.481 e. The molecule has 0 unspecified atom stereocenters. The summed E-state index contributed by atoms with van der Waals surface area (Å²) in [5, 5.41) is 8.90. The number of benzene rings is 1. The molecule has 0 saturated carbocycles. The summed E-state index contributed by atoms with van der Waals surface area (Å²) in [7, 11) is 0. The van der Waals surface area contributed by atoms with Crippen LogP contribution in [-0.2, 0) is 11.2 Å². The molecule has 1 rings (SSSR count). The quantitative estimate of drug-likeness (QED) is 0.688. The van der Waals surface area contributed by atoms with Gasteiger partial charge in [0, 0.05) is 16.3 Å². The molecule has 0 amide bonds. The Labute approximate surface area is 74.8 Å². The number of aliphatic carboxylic acids is 1. The molecular weight excluding hydrogens is 178 g/mol. The van der Waals surface area contributed by atoms with Crippen molar-refractivity contribution in [3.8, 4) is 0 Å². The Bertz CT molecular complexity index is 292. The summed E-state index contributed by atoms with van der Waals surface area (Å²) in [5.41, 5.74) is 6.42. The molecule has 0 spiro atoms. The van der Waals surface area contributed by atoms with Crippen LogP contribution in [0.5, 0.6) is 0 Å². The van der Waals surface area contributed by atoms with Crippen LogP contribution in [0, 0.1) is 0 Å². The predicted octanol–water partition coefficient (Wildman–Crippen LogP) is 1.55. The van der Waals surface area contributed by atoms with E-state index in [0.717, 1.165) is 0 Å². The van der Waals surface area contributed by atoms with Gasteiger partial charge in [0.05, 0.1) is 6.42 Å². The lowest BCUT2D eigenvalue weighted by Gasteiger charge is -2.03. The number of carboxylic acids is 1. The van der Waals surface area contributed by atoms with Gasteiger partial charge in [-0.25, -0.2) is 0 Å². The van der Waals surface area contributed by atoms with Gasteiger partial charge < -0.3 is 10.8 Å². The number of hydrogen-bond acceptors (Lipinski definition) is 2. The molecule has 1 aromatic rings. The fraction of sp³-hybridized carbons (Fsp3) is 0.125. The lowest BCUT2D eigenvalue weighted by atomic mass is 10.1. The van der Waals surface area contributed by atoms with Crippen molar-refractivity contribution in [2.75, 3.05) is 5.73 Å². The lowest BCUT2D eigenvalue weighted by molar-refractivity contribution is -0.136. The first-order valence-electron chi connectivity index (χ1n) is 3.36. The van der Waals surface area contributed by atoms with E-state index in [1.54, 1.807) is 18.2 Å². The summed E-state index contributed by atoms with van der Waals surface area (Å²) < 4.78 is 0. The fourth-order valence-electron chi connectivity index (χ4n) is 0.913. The van der Waals surface area contributed by atoms with Gasteiger partial charge in [-0.3, -0.25) is 4.79 Å². The van der Waals surface area contributed by atoms with Crippen molar-refractivity contribution in [1.82, 2.24) is 0 Å². The van der Waals surface area contributed by atoms with E-state index >= 15 is 0 Å². The molecule has 12 heavy (non-hydrogen) atoms. The third kappa shape index (κ3) is 1.89. The number of nitrogens with two attached hydrogens (primary N) is 1. The van der Waals surface area contributed by atoms with Crippen molar-refractivity contribution in [3.63, 3.8) is 0 Å². The van der Waals surface area contributed by atoms with E-state index in [1.165, 1.54) is 0 Å². The van der Waals surface area contributed by atoms with Crippen molar-refractivity contribution < 1.29 is 9.90 Å². The summed E-state index contributed by atoms with van der Waals surface area (Å²) in [6.07, 6.45) is -0.133. The molecule has 0 atom stereocenters. The smallest absolute Gasteiger partial charge is 0.307 e. The molecule has 0 bridgehead atoms.